The lowest BCUT2D eigenvalue weighted by molar-refractivity contribution is 0.0696. The number of hydrogen-bond acceptors (Lipinski definition) is 4. The van der Waals surface area contributed by atoms with Gasteiger partial charge in [0.2, 0.25) is 0 Å². The van der Waals surface area contributed by atoms with E-state index < -0.39 is 16.0 Å². The van der Waals surface area contributed by atoms with Gasteiger partial charge in [-0.05, 0) is 36.8 Å². The Labute approximate surface area is 134 Å². The van der Waals surface area contributed by atoms with E-state index in [0.717, 1.165) is 12.5 Å². The maximum absolute atomic E-state index is 12.4. The van der Waals surface area contributed by atoms with E-state index >= 15 is 0 Å². The van der Waals surface area contributed by atoms with Crippen LogP contribution in [0.2, 0.25) is 0 Å². The molecule has 0 fully saturated rings. The van der Waals surface area contributed by atoms with Gasteiger partial charge >= 0.3 is 5.97 Å². The first-order valence-electron chi connectivity index (χ1n) is 7.02. The summed E-state index contributed by atoms with van der Waals surface area (Å²) in [6.45, 7) is 2.41. The molecule has 0 spiro atoms. The highest BCUT2D eigenvalue weighted by Crippen LogP contribution is 2.27. The third-order valence-electron chi connectivity index (χ3n) is 2.98. The largest absolute Gasteiger partial charge is 0.491 e. The molecule has 0 aromatic heterocycles. The molecular formula is C16H17NO5S. The van der Waals surface area contributed by atoms with Crippen molar-refractivity contribution < 1.29 is 23.1 Å². The SMILES string of the molecule is CCCOc1ccccc1NS(=O)(=O)c1cccc(C(=O)O)c1. The highest BCUT2D eigenvalue weighted by atomic mass is 32.2. The summed E-state index contributed by atoms with van der Waals surface area (Å²) in [5.41, 5.74) is 0.213. The van der Waals surface area contributed by atoms with Crippen molar-refractivity contribution in [2.45, 2.75) is 18.2 Å². The summed E-state index contributed by atoms with van der Waals surface area (Å²) in [6, 6.07) is 11.9. The number of ether oxygens (including phenoxy) is 1. The van der Waals surface area contributed by atoms with Gasteiger partial charge in [-0.1, -0.05) is 25.1 Å². The fourth-order valence-corrected chi connectivity index (χ4v) is 3.00. The third kappa shape index (κ3) is 4.23. The summed E-state index contributed by atoms with van der Waals surface area (Å²) in [7, 11) is -3.91. The molecule has 7 heteroatoms. The van der Waals surface area contributed by atoms with Gasteiger partial charge in [-0.15, -0.1) is 0 Å². The van der Waals surface area contributed by atoms with Crippen molar-refractivity contribution in [1.29, 1.82) is 0 Å². The van der Waals surface area contributed by atoms with Gasteiger partial charge < -0.3 is 9.84 Å². The van der Waals surface area contributed by atoms with Crippen LogP contribution in [-0.4, -0.2) is 26.1 Å². The third-order valence-corrected chi connectivity index (χ3v) is 4.35. The number of rotatable bonds is 7. The molecule has 2 aromatic rings. The van der Waals surface area contributed by atoms with Crippen LogP contribution < -0.4 is 9.46 Å². The highest BCUT2D eigenvalue weighted by molar-refractivity contribution is 7.92. The van der Waals surface area contributed by atoms with Crippen LogP contribution in [0.25, 0.3) is 0 Å². The van der Waals surface area contributed by atoms with Crippen LogP contribution in [0.4, 0.5) is 5.69 Å². The first-order chi connectivity index (χ1) is 10.9. The number of sulfonamides is 1. The standard InChI is InChI=1S/C16H17NO5S/c1-2-10-22-15-9-4-3-8-14(15)17-23(20,21)13-7-5-6-12(11-13)16(18)19/h3-9,11,17H,2,10H2,1H3,(H,18,19). The molecule has 0 aliphatic heterocycles. The Morgan fingerprint density at radius 3 is 2.61 bits per heavy atom. The van der Waals surface area contributed by atoms with E-state index in [0.29, 0.717) is 18.0 Å². The van der Waals surface area contributed by atoms with Crippen molar-refractivity contribution in [1.82, 2.24) is 0 Å². The van der Waals surface area contributed by atoms with Crippen molar-refractivity contribution in [3.05, 3.63) is 54.1 Å². The molecule has 23 heavy (non-hydrogen) atoms. The van der Waals surface area contributed by atoms with Crippen LogP contribution in [0.5, 0.6) is 5.75 Å². The number of para-hydroxylation sites is 2. The van der Waals surface area contributed by atoms with Crippen molar-refractivity contribution in [2.75, 3.05) is 11.3 Å². The van der Waals surface area contributed by atoms with E-state index in [-0.39, 0.29) is 10.5 Å². The topological polar surface area (TPSA) is 92.7 Å². The summed E-state index contributed by atoms with van der Waals surface area (Å²) < 4.78 is 32.8. The Hall–Kier alpha value is -2.54. The zero-order valence-electron chi connectivity index (χ0n) is 12.5. The van der Waals surface area contributed by atoms with Crippen molar-refractivity contribution in [3.63, 3.8) is 0 Å². The van der Waals surface area contributed by atoms with E-state index in [1.165, 1.54) is 18.2 Å². The van der Waals surface area contributed by atoms with Gasteiger partial charge in [-0.3, -0.25) is 4.72 Å². The lowest BCUT2D eigenvalue weighted by atomic mass is 10.2. The molecule has 0 unspecified atom stereocenters. The predicted molar refractivity (Wildman–Crippen MR) is 86.4 cm³/mol. The van der Waals surface area contributed by atoms with Crippen LogP contribution in [0.15, 0.2) is 53.4 Å². The number of anilines is 1. The Morgan fingerprint density at radius 2 is 1.91 bits per heavy atom. The second kappa shape index (κ2) is 7.15. The zero-order chi connectivity index (χ0) is 16.9. The van der Waals surface area contributed by atoms with E-state index in [1.807, 2.05) is 6.92 Å². The smallest absolute Gasteiger partial charge is 0.335 e. The van der Waals surface area contributed by atoms with Crippen LogP contribution >= 0.6 is 0 Å². The van der Waals surface area contributed by atoms with E-state index in [4.69, 9.17) is 9.84 Å². The van der Waals surface area contributed by atoms with Crippen LogP contribution in [0.3, 0.4) is 0 Å². The molecular weight excluding hydrogens is 318 g/mol. The van der Waals surface area contributed by atoms with Crippen molar-refractivity contribution in [2.24, 2.45) is 0 Å². The van der Waals surface area contributed by atoms with E-state index in [9.17, 15) is 13.2 Å². The average molecular weight is 335 g/mol. The fraction of sp³-hybridized carbons (Fsp3) is 0.188. The highest BCUT2D eigenvalue weighted by Gasteiger charge is 2.18. The number of aromatic carboxylic acids is 1. The van der Waals surface area contributed by atoms with Gasteiger partial charge in [-0.25, -0.2) is 13.2 Å². The molecule has 0 saturated carbocycles. The second-order valence-corrected chi connectivity index (χ2v) is 6.47. The quantitative estimate of drug-likeness (QED) is 0.811. The van der Waals surface area contributed by atoms with Gasteiger partial charge in [0.1, 0.15) is 5.75 Å². The fourth-order valence-electron chi connectivity index (χ4n) is 1.89. The van der Waals surface area contributed by atoms with E-state index in [1.54, 1.807) is 24.3 Å². The summed E-state index contributed by atoms with van der Waals surface area (Å²) in [6.07, 6.45) is 0.793. The molecule has 0 aliphatic rings. The minimum atomic E-state index is -3.91. The molecule has 2 N–H and O–H groups in total. The number of benzene rings is 2. The number of carbonyl (C=O) groups is 1. The number of carboxylic acid groups (broad SMARTS) is 1. The minimum Gasteiger partial charge on any atom is -0.491 e. The van der Waals surface area contributed by atoms with Crippen molar-refractivity contribution >= 4 is 21.7 Å². The molecule has 6 nitrogen and oxygen atoms in total. The van der Waals surface area contributed by atoms with Crippen molar-refractivity contribution in [3.8, 4) is 5.75 Å². The molecule has 122 valence electrons. The van der Waals surface area contributed by atoms with Gasteiger partial charge in [0.15, 0.2) is 0 Å². The molecule has 0 amide bonds. The lowest BCUT2D eigenvalue weighted by Crippen LogP contribution is -2.14. The van der Waals surface area contributed by atoms with Gasteiger partial charge in [-0.2, -0.15) is 0 Å². The van der Waals surface area contributed by atoms with Gasteiger partial charge in [0.25, 0.3) is 10.0 Å². The molecule has 2 aromatic carbocycles. The monoisotopic (exact) mass is 335 g/mol. The molecule has 0 aliphatic carbocycles. The number of hydrogen-bond donors (Lipinski definition) is 2. The maximum Gasteiger partial charge on any atom is 0.335 e. The molecule has 2 rings (SSSR count). The summed E-state index contributed by atoms with van der Waals surface area (Å²) >= 11 is 0. The first kappa shape index (κ1) is 16.8. The van der Waals surface area contributed by atoms with Crippen LogP contribution in [-0.2, 0) is 10.0 Å². The zero-order valence-corrected chi connectivity index (χ0v) is 13.3. The second-order valence-electron chi connectivity index (χ2n) is 4.78. The number of carboxylic acids is 1. The summed E-state index contributed by atoms with van der Waals surface area (Å²) in [4.78, 5) is 10.9. The molecule has 0 saturated heterocycles. The summed E-state index contributed by atoms with van der Waals surface area (Å²) in [5.74, 6) is -0.763. The maximum atomic E-state index is 12.4. The molecule has 0 bridgehead atoms. The van der Waals surface area contributed by atoms with Crippen LogP contribution in [0.1, 0.15) is 23.7 Å². The van der Waals surface area contributed by atoms with E-state index in [2.05, 4.69) is 4.72 Å². The molecule has 0 heterocycles. The molecule has 0 atom stereocenters. The predicted octanol–water partition coefficient (Wildman–Crippen LogP) is 2.97. The average Bonchev–Trinajstić information content (AvgIpc) is 2.54. The minimum absolute atomic E-state index is 0.0941. The number of nitrogens with one attached hydrogen (secondary N) is 1. The first-order valence-corrected chi connectivity index (χ1v) is 8.50. The Kier molecular flexibility index (Phi) is 5.23. The van der Waals surface area contributed by atoms with Gasteiger partial charge in [0.05, 0.1) is 22.8 Å². The Morgan fingerprint density at radius 1 is 1.17 bits per heavy atom. The normalized spacial score (nSPS) is 11.0. The Bertz CT molecular complexity index is 802. The summed E-state index contributed by atoms with van der Waals surface area (Å²) in [5, 5.41) is 8.97. The lowest BCUT2D eigenvalue weighted by Gasteiger charge is -2.13. The molecule has 0 radical (unpaired) electrons. The van der Waals surface area contributed by atoms with Gasteiger partial charge in [0, 0.05) is 0 Å². The van der Waals surface area contributed by atoms with Crippen LogP contribution in [0, 0.1) is 0 Å². The Balaban J connectivity index is 2.32.